The van der Waals surface area contributed by atoms with Crippen molar-refractivity contribution in [3.05, 3.63) is 28.5 Å². The molecule has 0 saturated heterocycles. The maximum Gasteiger partial charge on any atom is 0.0410 e. The molecular formula is C15H23BrN2. The number of nitrogens with zero attached hydrogens (tertiary/aromatic N) is 1. The number of hydrogen-bond donors (Lipinski definition) is 1. The van der Waals surface area contributed by atoms with Gasteiger partial charge in [-0.3, -0.25) is 4.98 Å². The van der Waals surface area contributed by atoms with Crippen LogP contribution in [-0.2, 0) is 6.42 Å². The maximum atomic E-state index is 4.26. The molecule has 100 valence electrons. The van der Waals surface area contributed by atoms with Crippen molar-refractivity contribution in [3.63, 3.8) is 0 Å². The van der Waals surface area contributed by atoms with Gasteiger partial charge in [0, 0.05) is 22.9 Å². The van der Waals surface area contributed by atoms with Gasteiger partial charge in [0.15, 0.2) is 0 Å². The highest BCUT2D eigenvalue weighted by atomic mass is 79.9. The Morgan fingerprint density at radius 2 is 2.22 bits per heavy atom. The van der Waals surface area contributed by atoms with Crippen molar-refractivity contribution in [2.45, 2.75) is 46.1 Å². The minimum atomic E-state index is 0.519. The molecule has 0 amide bonds. The summed E-state index contributed by atoms with van der Waals surface area (Å²) in [4.78, 5) is 4.26. The maximum absolute atomic E-state index is 4.26. The lowest BCUT2D eigenvalue weighted by atomic mass is 9.98. The van der Waals surface area contributed by atoms with Crippen molar-refractivity contribution in [2.75, 3.05) is 6.54 Å². The Morgan fingerprint density at radius 1 is 1.50 bits per heavy atom. The van der Waals surface area contributed by atoms with E-state index in [9.17, 15) is 0 Å². The largest absolute Gasteiger partial charge is 0.313 e. The van der Waals surface area contributed by atoms with Gasteiger partial charge in [0.25, 0.3) is 0 Å². The molecule has 2 nitrogen and oxygen atoms in total. The molecule has 1 aromatic heterocycles. The SMILES string of the molecule is CCCNC(Cc1cncc(Br)c1)C1CC1(C)C. The van der Waals surface area contributed by atoms with E-state index in [1.807, 2.05) is 12.4 Å². The summed E-state index contributed by atoms with van der Waals surface area (Å²) in [5, 5.41) is 3.71. The molecule has 1 aliphatic rings. The molecule has 2 rings (SSSR count). The molecule has 1 heterocycles. The smallest absolute Gasteiger partial charge is 0.0410 e. The van der Waals surface area contributed by atoms with E-state index >= 15 is 0 Å². The Bertz CT molecular complexity index is 403. The lowest BCUT2D eigenvalue weighted by Gasteiger charge is -2.20. The molecule has 3 heteroatoms. The monoisotopic (exact) mass is 310 g/mol. The van der Waals surface area contributed by atoms with Gasteiger partial charge < -0.3 is 5.32 Å². The van der Waals surface area contributed by atoms with Gasteiger partial charge >= 0.3 is 0 Å². The lowest BCUT2D eigenvalue weighted by molar-refractivity contribution is 0.402. The molecule has 0 spiro atoms. The minimum absolute atomic E-state index is 0.519. The summed E-state index contributed by atoms with van der Waals surface area (Å²) in [5.74, 6) is 0.808. The quantitative estimate of drug-likeness (QED) is 0.864. The summed E-state index contributed by atoms with van der Waals surface area (Å²) in [5.41, 5.74) is 1.84. The van der Waals surface area contributed by atoms with Gasteiger partial charge in [0.1, 0.15) is 0 Å². The Hall–Kier alpha value is -0.410. The van der Waals surface area contributed by atoms with Crippen LogP contribution in [0.2, 0.25) is 0 Å². The van der Waals surface area contributed by atoms with E-state index in [-0.39, 0.29) is 0 Å². The molecule has 1 aromatic rings. The van der Waals surface area contributed by atoms with Crippen LogP contribution in [0.25, 0.3) is 0 Å². The van der Waals surface area contributed by atoms with Crippen LogP contribution >= 0.6 is 15.9 Å². The van der Waals surface area contributed by atoms with Gasteiger partial charge in [-0.25, -0.2) is 0 Å². The first kappa shape index (κ1) is 14.0. The fraction of sp³-hybridized carbons (Fsp3) is 0.667. The molecule has 0 bridgehead atoms. The third-order valence-corrected chi connectivity index (χ3v) is 4.38. The van der Waals surface area contributed by atoms with Crippen molar-refractivity contribution in [1.82, 2.24) is 10.3 Å². The Morgan fingerprint density at radius 3 is 2.78 bits per heavy atom. The first-order chi connectivity index (χ1) is 8.53. The summed E-state index contributed by atoms with van der Waals surface area (Å²) in [6, 6.07) is 2.78. The number of nitrogens with one attached hydrogen (secondary N) is 1. The van der Waals surface area contributed by atoms with Gasteiger partial charge in [-0.15, -0.1) is 0 Å². The summed E-state index contributed by atoms with van der Waals surface area (Å²) < 4.78 is 1.07. The van der Waals surface area contributed by atoms with E-state index in [4.69, 9.17) is 0 Å². The number of halogens is 1. The van der Waals surface area contributed by atoms with Gasteiger partial charge in [0.05, 0.1) is 0 Å². The Kier molecular flexibility index (Phi) is 4.44. The van der Waals surface area contributed by atoms with E-state index < -0.39 is 0 Å². The fourth-order valence-corrected chi connectivity index (χ4v) is 3.11. The predicted molar refractivity (Wildman–Crippen MR) is 79.6 cm³/mol. The molecule has 1 N–H and O–H groups in total. The summed E-state index contributed by atoms with van der Waals surface area (Å²) >= 11 is 3.50. The molecule has 2 atom stereocenters. The fourth-order valence-electron chi connectivity index (χ4n) is 2.70. The molecule has 0 aromatic carbocycles. The molecule has 2 unspecified atom stereocenters. The first-order valence-corrected chi connectivity index (χ1v) is 7.65. The minimum Gasteiger partial charge on any atom is -0.313 e. The first-order valence-electron chi connectivity index (χ1n) is 6.86. The molecule has 1 aliphatic carbocycles. The topological polar surface area (TPSA) is 24.9 Å². The van der Waals surface area contributed by atoms with Crippen LogP contribution in [0, 0.1) is 11.3 Å². The van der Waals surface area contributed by atoms with E-state index in [2.05, 4.69) is 53.1 Å². The Balaban J connectivity index is 2.01. The highest BCUT2D eigenvalue weighted by Gasteiger charge is 2.49. The zero-order chi connectivity index (χ0) is 13.2. The average Bonchev–Trinajstić information content (AvgIpc) is 2.94. The zero-order valence-electron chi connectivity index (χ0n) is 11.5. The summed E-state index contributed by atoms with van der Waals surface area (Å²) in [6.45, 7) is 8.08. The van der Waals surface area contributed by atoms with Crippen molar-refractivity contribution in [1.29, 1.82) is 0 Å². The van der Waals surface area contributed by atoms with Crippen molar-refractivity contribution in [2.24, 2.45) is 11.3 Å². The van der Waals surface area contributed by atoms with E-state index in [0.717, 1.165) is 23.4 Å². The molecular weight excluding hydrogens is 288 g/mol. The highest BCUT2D eigenvalue weighted by Crippen LogP contribution is 2.54. The lowest BCUT2D eigenvalue weighted by Crippen LogP contribution is -2.35. The van der Waals surface area contributed by atoms with Crippen LogP contribution in [0.15, 0.2) is 22.9 Å². The average molecular weight is 311 g/mol. The van der Waals surface area contributed by atoms with Gasteiger partial charge in [-0.05, 0) is 64.7 Å². The summed E-state index contributed by atoms with van der Waals surface area (Å²) in [7, 11) is 0. The second kappa shape index (κ2) is 5.70. The van der Waals surface area contributed by atoms with Gasteiger partial charge in [-0.2, -0.15) is 0 Å². The van der Waals surface area contributed by atoms with Crippen molar-refractivity contribution in [3.8, 4) is 0 Å². The number of rotatable bonds is 6. The summed E-state index contributed by atoms with van der Waals surface area (Å²) in [6.07, 6.45) is 7.45. The van der Waals surface area contributed by atoms with Gasteiger partial charge in [-0.1, -0.05) is 20.8 Å². The highest BCUT2D eigenvalue weighted by molar-refractivity contribution is 9.10. The third kappa shape index (κ3) is 3.55. The molecule has 0 aliphatic heterocycles. The van der Waals surface area contributed by atoms with E-state index in [0.29, 0.717) is 11.5 Å². The second-order valence-corrected chi connectivity index (χ2v) is 6.99. The molecule has 1 saturated carbocycles. The van der Waals surface area contributed by atoms with Crippen LogP contribution in [-0.4, -0.2) is 17.6 Å². The van der Waals surface area contributed by atoms with Crippen LogP contribution in [0.1, 0.15) is 39.2 Å². The van der Waals surface area contributed by atoms with Crippen LogP contribution in [0.5, 0.6) is 0 Å². The van der Waals surface area contributed by atoms with Crippen LogP contribution in [0.3, 0.4) is 0 Å². The zero-order valence-corrected chi connectivity index (χ0v) is 13.1. The third-order valence-electron chi connectivity index (χ3n) is 3.95. The van der Waals surface area contributed by atoms with Crippen molar-refractivity contribution < 1.29 is 0 Å². The number of hydrogen-bond acceptors (Lipinski definition) is 2. The number of aromatic nitrogens is 1. The van der Waals surface area contributed by atoms with Gasteiger partial charge in [0.2, 0.25) is 0 Å². The molecule has 0 radical (unpaired) electrons. The molecule has 18 heavy (non-hydrogen) atoms. The van der Waals surface area contributed by atoms with Crippen LogP contribution < -0.4 is 5.32 Å². The van der Waals surface area contributed by atoms with E-state index in [1.54, 1.807) is 0 Å². The van der Waals surface area contributed by atoms with E-state index in [1.165, 1.54) is 18.4 Å². The normalized spacial score (nSPS) is 22.8. The Labute approximate surface area is 119 Å². The standard InChI is InChI=1S/C15H23BrN2/c1-4-5-18-14(13-8-15(13,2)3)7-11-6-12(16)10-17-9-11/h6,9-10,13-14,18H,4-5,7-8H2,1-3H3. The molecule has 1 fully saturated rings. The van der Waals surface area contributed by atoms with Crippen LogP contribution in [0.4, 0.5) is 0 Å². The second-order valence-electron chi connectivity index (χ2n) is 6.08. The number of pyridine rings is 1. The van der Waals surface area contributed by atoms with Crippen molar-refractivity contribution >= 4 is 15.9 Å². The predicted octanol–water partition coefficient (Wildman–Crippen LogP) is 3.80.